The molecule has 0 aliphatic heterocycles. The first kappa shape index (κ1) is 12.9. The molecule has 92 valence electrons. The van der Waals surface area contributed by atoms with Crippen LogP contribution in [0.3, 0.4) is 0 Å². The Hall–Kier alpha value is -1.58. The van der Waals surface area contributed by atoms with Gasteiger partial charge in [-0.05, 0) is 30.3 Å². The summed E-state index contributed by atoms with van der Waals surface area (Å²) in [5, 5.41) is 0.954. The number of hydrogen-bond acceptors (Lipinski definition) is 3. The first-order valence-electron chi connectivity index (χ1n) is 5.16. The minimum Gasteiger partial charge on any atom is -0.454 e. The van der Waals surface area contributed by atoms with Crippen molar-refractivity contribution in [3.8, 4) is 11.5 Å². The summed E-state index contributed by atoms with van der Waals surface area (Å²) >= 11 is 11.8. The molecule has 0 N–H and O–H groups in total. The number of hydrogen-bond donors (Lipinski definition) is 0. The molecule has 2 rings (SSSR count). The van der Waals surface area contributed by atoms with Crippen molar-refractivity contribution in [2.45, 2.75) is 6.92 Å². The third-order valence-corrected chi connectivity index (χ3v) is 2.75. The zero-order valence-electron chi connectivity index (χ0n) is 9.48. The third-order valence-electron chi connectivity index (χ3n) is 2.22. The Morgan fingerprint density at radius 1 is 1.22 bits per heavy atom. The maximum atomic E-state index is 11.1. The molecule has 18 heavy (non-hydrogen) atoms. The Bertz CT molecular complexity index is 582. The Balaban J connectivity index is 2.21. The predicted octanol–water partition coefficient (Wildman–Crippen LogP) is 4.38. The topological polar surface area (TPSA) is 39.2 Å². The van der Waals surface area contributed by atoms with E-state index in [1.807, 2.05) is 0 Å². The fraction of sp³-hybridized carbons (Fsp3) is 0.0769. The van der Waals surface area contributed by atoms with Crippen molar-refractivity contribution in [1.29, 1.82) is 0 Å². The van der Waals surface area contributed by atoms with Crippen LogP contribution in [0.15, 0.2) is 36.5 Å². The van der Waals surface area contributed by atoms with E-state index in [0.29, 0.717) is 27.2 Å². The number of ketones is 1. The summed E-state index contributed by atoms with van der Waals surface area (Å²) in [5.41, 5.74) is 0.393. The zero-order chi connectivity index (χ0) is 13.1. The highest BCUT2D eigenvalue weighted by Gasteiger charge is 2.05. The van der Waals surface area contributed by atoms with E-state index in [2.05, 4.69) is 4.98 Å². The minimum atomic E-state index is -0.0916. The Labute approximate surface area is 114 Å². The summed E-state index contributed by atoms with van der Waals surface area (Å²) < 4.78 is 5.53. The molecule has 0 aliphatic rings. The van der Waals surface area contributed by atoms with Gasteiger partial charge in [0.2, 0.25) is 0 Å². The van der Waals surface area contributed by atoms with Crippen LogP contribution < -0.4 is 4.74 Å². The van der Waals surface area contributed by atoms with Gasteiger partial charge in [0, 0.05) is 11.9 Å². The number of carbonyl (C=O) groups excluding carboxylic acids is 1. The minimum absolute atomic E-state index is 0.0916. The van der Waals surface area contributed by atoms with E-state index in [9.17, 15) is 4.79 Å². The van der Waals surface area contributed by atoms with E-state index >= 15 is 0 Å². The molecule has 0 spiro atoms. The maximum Gasteiger partial charge on any atom is 0.178 e. The first-order chi connectivity index (χ1) is 8.56. The molecule has 1 aromatic carbocycles. The second-order valence-corrected chi connectivity index (χ2v) is 4.46. The molecular formula is C13H9Cl2NO2. The van der Waals surface area contributed by atoms with Crippen molar-refractivity contribution < 1.29 is 9.53 Å². The van der Waals surface area contributed by atoms with E-state index < -0.39 is 0 Å². The predicted molar refractivity (Wildman–Crippen MR) is 70.8 cm³/mol. The lowest BCUT2D eigenvalue weighted by atomic mass is 10.3. The number of aromatic nitrogens is 1. The van der Waals surface area contributed by atoms with Gasteiger partial charge in [-0.3, -0.25) is 4.79 Å². The van der Waals surface area contributed by atoms with Crippen LogP contribution in [-0.4, -0.2) is 10.8 Å². The summed E-state index contributed by atoms with van der Waals surface area (Å²) in [5.74, 6) is 0.897. The molecule has 0 atom stereocenters. The standard InChI is InChI=1S/C13H9Cl2NO2/c1-8(17)12-4-3-10(7-16-12)18-13-5-2-9(14)6-11(13)15/h2-7H,1H3. The number of Topliss-reactive ketones (excluding diaryl/α,β-unsaturated/α-hetero) is 1. The normalized spacial score (nSPS) is 10.2. The lowest BCUT2D eigenvalue weighted by molar-refractivity contribution is 0.101. The number of pyridine rings is 1. The van der Waals surface area contributed by atoms with Crippen molar-refractivity contribution in [1.82, 2.24) is 4.98 Å². The van der Waals surface area contributed by atoms with Gasteiger partial charge in [-0.15, -0.1) is 0 Å². The SMILES string of the molecule is CC(=O)c1ccc(Oc2ccc(Cl)cc2Cl)cn1. The molecule has 0 saturated carbocycles. The summed E-state index contributed by atoms with van der Waals surface area (Å²) in [6.07, 6.45) is 1.47. The Morgan fingerprint density at radius 2 is 2.00 bits per heavy atom. The van der Waals surface area contributed by atoms with Crippen LogP contribution in [0.25, 0.3) is 0 Å². The van der Waals surface area contributed by atoms with Crippen LogP contribution in [0, 0.1) is 0 Å². The zero-order valence-corrected chi connectivity index (χ0v) is 11.0. The van der Waals surface area contributed by atoms with Gasteiger partial charge in [-0.25, -0.2) is 4.98 Å². The van der Waals surface area contributed by atoms with Crippen LogP contribution in [0.5, 0.6) is 11.5 Å². The molecule has 0 aliphatic carbocycles. The van der Waals surface area contributed by atoms with Gasteiger partial charge in [0.15, 0.2) is 5.78 Å². The van der Waals surface area contributed by atoms with E-state index in [0.717, 1.165) is 0 Å². The highest BCUT2D eigenvalue weighted by Crippen LogP contribution is 2.31. The molecule has 3 nitrogen and oxygen atoms in total. The average molecular weight is 282 g/mol. The van der Waals surface area contributed by atoms with Gasteiger partial charge in [0.25, 0.3) is 0 Å². The van der Waals surface area contributed by atoms with Gasteiger partial charge >= 0.3 is 0 Å². The second-order valence-electron chi connectivity index (χ2n) is 3.61. The smallest absolute Gasteiger partial charge is 0.178 e. The molecule has 0 unspecified atom stereocenters. The molecule has 2 aromatic rings. The highest BCUT2D eigenvalue weighted by molar-refractivity contribution is 6.35. The third kappa shape index (κ3) is 3.00. The Morgan fingerprint density at radius 3 is 2.56 bits per heavy atom. The van der Waals surface area contributed by atoms with Crippen molar-refractivity contribution in [2.24, 2.45) is 0 Å². The molecule has 0 radical (unpaired) electrons. The number of carbonyl (C=O) groups is 1. The van der Waals surface area contributed by atoms with Crippen LogP contribution >= 0.6 is 23.2 Å². The lowest BCUT2D eigenvalue weighted by Gasteiger charge is -2.07. The van der Waals surface area contributed by atoms with Gasteiger partial charge in [0.1, 0.15) is 17.2 Å². The molecule has 1 aromatic heterocycles. The van der Waals surface area contributed by atoms with E-state index in [1.54, 1.807) is 30.3 Å². The van der Waals surface area contributed by atoms with Gasteiger partial charge in [-0.1, -0.05) is 23.2 Å². The maximum absolute atomic E-state index is 11.1. The van der Waals surface area contributed by atoms with Crippen LogP contribution in [0.1, 0.15) is 17.4 Å². The number of benzene rings is 1. The van der Waals surface area contributed by atoms with E-state index in [-0.39, 0.29) is 5.78 Å². The molecule has 5 heteroatoms. The molecule has 0 fully saturated rings. The average Bonchev–Trinajstić information content (AvgIpc) is 2.33. The Kier molecular flexibility index (Phi) is 3.84. The summed E-state index contributed by atoms with van der Waals surface area (Å²) in [7, 11) is 0. The molecule has 0 bridgehead atoms. The van der Waals surface area contributed by atoms with E-state index in [4.69, 9.17) is 27.9 Å². The summed E-state index contributed by atoms with van der Waals surface area (Å²) in [4.78, 5) is 15.0. The quantitative estimate of drug-likeness (QED) is 0.784. The van der Waals surface area contributed by atoms with Crippen LogP contribution in [0.2, 0.25) is 10.0 Å². The number of nitrogens with zero attached hydrogens (tertiary/aromatic N) is 1. The summed E-state index contributed by atoms with van der Waals surface area (Å²) in [6, 6.07) is 8.20. The van der Waals surface area contributed by atoms with Crippen molar-refractivity contribution in [3.63, 3.8) is 0 Å². The number of halogens is 2. The molecule has 0 amide bonds. The van der Waals surface area contributed by atoms with Gasteiger partial charge in [0.05, 0.1) is 11.2 Å². The monoisotopic (exact) mass is 281 g/mol. The molecular weight excluding hydrogens is 273 g/mol. The molecule has 1 heterocycles. The number of ether oxygens (including phenoxy) is 1. The first-order valence-corrected chi connectivity index (χ1v) is 5.92. The van der Waals surface area contributed by atoms with Gasteiger partial charge < -0.3 is 4.74 Å². The fourth-order valence-electron chi connectivity index (χ4n) is 1.33. The largest absolute Gasteiger partial charge is 0.454 e. The second kappa shape index (κ2) is 5.38. The van der Waals surface area contributed by atoms with E-state index in [1.165, 1.54) is 13.1 Å². The van der Waals surface area contributed by atoms with Crippen LogP contribution in [0.4, 0.5) is 0 Å². The van der Waals surface area contributed by atoms with Crippen LogP contribution in [-0.2, 0) is 0 Å². The summed E-state index contributed by atoms with van der Waals surface area (Å²) in [6.45, 7) is 1.46. The lowest BCUT2D eigenvalue weighted by Crippen LogP contribution is -1.96. The fourth-order valence-corrected chi connectivity index (χ4v) is 1.78. The van der Waals surface area contributed by atoms with Crippen molar-refractivity contribution in [3.05, 3.63) is 52.3 Å². The van der Waals surface area contributed by atoms with Crippen molar-refractivity contribution >= 4 is 29.0 Å². The van der Waals surface area contributed by atoms with Gasteiger partial charge in [-0.2, -0.15) is 0 Å². The van der Waals surface area contributed by atoms with Crippen molar-refractivity contribution in [2.75, 3.05) is 0 Å². The number of rotatable bonds is 3. The molecule has 0 saturated heterocycles. The highest BCUT2D eigenvalue weighted by atomic mass is 35.5.